The molecule has 1 saturated heterocycles. The quantitative estimate of drug-likeness (QED) is 0.888. The molecule has 1 fully saturated rings. The zero-order valence-electron chi connectivity index (χ0n) is 11.2. The third-order valence-electron chi connectivity index (χ3n) is 3.98. The van der Waals surface area contributed by atoms with E-state index in [4.69, 9.17) is 4.74 Å². The monoisotopic (exact) mass is 251 g/mol. The van der Waals surface area contributed by atoms with Crippen LogP contribution in [0.4, 0.5) is 4.39 Å². The summed E-state index contributed by atoms with van der Waals surface area (Å²) in [5.74, 6) is 0.298. The summed E-state index contributed by atoms with van der Waals surface area (Å²) >= 11 is 0. The van der Waals surface area contributed by atoms with Crippen molar-refractivity contribution in [3.8, 4) is 0 Å². The summed E-state index contributed by atoms with van der Waals surface area (Å²) in [5, 5.41) is 3.37. The molecule has 1 N–H and O–H groups in total. The van der Waals surface area contributed by atoms with Crippen LogP contribution in [0.2, 0.25) is 0 Å². The lowest BCUT2D eigenvalue weighted by Crippen LogP contribution is -2.41. The van der Waals surface area contributed by atoms with Crippen LogP contribution in [0.15, 0.2) is 24.3 Å². The third kappa shape index (κ3) is 2.73. The second-order valence-electron chi connectivity index (χ2n) is 5.07. The molecule has 0 radical (unpaired) electrons. The van der Waals surface area contributed by atoms with Crippen molar-refractivity contribution < 1.29 is 9.13 Å². The molecule has 3 heteroatoms. The molecule has 1 atom stereocenters. The molecule has 100 valence electrons. The van der Waals surface area contributed by atoms with Crippen LogP contribution in [0, 0.1) is 11.7 Å². The lowest BCUT2D eigenvalue weighted by molar-refractivity contribution is -0.0827. The van der Waals surface area contributed by atoms with Gasteiger partial charge in [-0.25, -0.2) is 4.39 Å². The van der Waals surface area contributed by atoms with E-state index < -0.39 is 0 Å². The number of benzene rings is 1. The molecule has 1 heterocycles. The van der Waals surface area contributed by atoms with Crippen molar-refractivity contribution in [2.24, 2.45) is 5.92 Å². The van der Waals surface area contributed by atoms with Crippen LogP contribution in [0.1, 0.15) is 32.3 Å². The number of rotatable bonds is 4. The average Bonchev–Trinajstić information content (AvgIpc) is 2.40. The summed E-state index contributed by atoms with van der Waals surface area (Å²) in [6, 6.07) is 6.75. The van der Waals surface area contributed by atoms with Crippen LogP contribution in [0.3, 0.4) is 0 Å². The van der Waals surface area contributed by atoms with Gasteiger partial charge in [0, 0.05) is 6.61 Å². The lowest BCUT2D eigenvalue weighted by atomic mass is 9.77. The van der Waals surface area contributed by atoms with Crippen molar-refractivity contribution in [2.75, 3.05) is 19.7 Å². The topological polar surface area (TPSA) is 21.3 Å². The summed E-state index contributed by atoms with van der Waals surface area (Å²) in [5.41, 5.74) is 0.780. The van der Waals surface area contributed by atoms with Crippen molar-refractivity contribution in [1.29, 1.82) is 0 Å². The van der Waals surface area contributed by atoms with Crippen molar-refractivity contribution >= 4 is 0 Å². The normalized spacial score (nSPS) is 20.6. The highest BCUT2D eigenvalue weighted by Gasteiger charge is 2.37. The molecule has 2 nitrogen and oxygen atoms in total. The molecule has 0 amide bonds. The molecular weight excluding hydrogens is 229 g/mol. The first kappa shape index (κ1) is 13.5. The lowest BCUT2D eigenvalue weighted by Gasteiger charge is -2.40. The third-order valence-corrected chi connectivity index (χ3v) is 3.98. The van der Waals surface area contributed by atoms with Crippen molar-refractivity contribution in [3.63, 3.8) is 0 Å². The van der Waals surface area contributed by atoms with Crippen LogP contribution < -0.4 is 5.32 Å². The van der Waals surface area contributed by atoms with E-state index in [1.807, 2.05) is 19.1 Å². The molecule has 1 aromatic carbocycles. The van der Waals surface area contributed by atoms with E-state index in [2.05, 4.69) is 12.2 Å². The molecule has 2 rings (SSSR count). The summed E-state index contributed by atoms with van der Waals surface area (Å²) in [4.78, 5) is 0. The van der Waals surface area contributed by atoms with Gasteiger partial charge < -0.3 is 10.1 Å². The number of hydrogen-bond donors (Lipinski definition) is 1. The summed E-state index contributed by atoms with van der Waals surface area (Å²) in [7, 11) is 0. The molecule has 0 saturated carbocycles. The van der Waals surface area contributed by atoms with Gasteiger partial charge in [0.05, 0.1) is 5.60 Å². The second kappa shape index (κ2) is 5.81. The van der Waals surface area contributed by atoms with Gasteiger partial charge in [-0.2, -0.15) is 0 Å². The fraction of sp³-hybridized carbons (Fsp3) is 0.600. The zero-order chi connectivity index (χ0) is 13.0. The van der Waals surface area contributed by atoms with Gasteiger partial charge in [0.25, 0.3) is 0 Å². The van der Waals surface area contributed by atoms with Crippen LogP contribution in [-0.2, 0) is 10.3 Å². The number of halogens is 1. The SMILES string of the molecule is CCOC(C)(c1ccc(F)cc1)C1CCNCC1. The van der Waals surface area contributed by atoms with Crippen LogP contribution in [-0.4, -0.2) is 19.7 Å². The van der Waals surface area contributed by atoms with Gasteiger partial charge in [0.15, 0.2) is 0 Å². The summed E-state index contributed by atoms with van der Waals surface area (Å²) in [6.07, 6.45) is 2.21. The van der Waals surface area contributed by atoms with Crippen LogP contribution in [0.25, 0.3) is 0 Å². The molecule has 1 aromatic rings. The predicted octanol–water partition coefficient (Wildman–Crippen LogP) is 3.08. The first-order chi connectivity index (χ1) is 8.66. The summed E-state index contributed by atoms with van der Waals surface area (Å²) in [6.45, 7) is 6.91. The maximum absolute atomic E-state index is 13.1. The van der Waals surface area contributed by atoms with Crippen molar-refractivity contribution in [2.45, 2.75) is 32.3 Å². The van der Waals surface area contributed by atoms with Crippen LogP contribution >= 0.6 is 0 Å². The van der Waals surface area contributed by atoms with Gasteiger partial charge in [0.1, 0.15) is 5.82 Å². The zero-order valence-corrected chi connectivity index (χ0v) is 11.2. The second-order valence-corrected chi connectivity index (χ2v) is 5.07. The Balaban J connectivity index is 2.26. The minimum Gasteiger partial charge on any atom is -0.371 e. The Hall–Kier alpha value is -0.930. The largest absolute Gasteiger partial charge is 0.371 e. The first-order valence-electron chi connectivity index (χ1n) is 6.77. The minimum atomic E-state index is -0.301. The molecule has 0 spiro atoms. The highest BCUT2D eigenvalue weighted by molar-refractivity contribution is 5.24. The molecule has 1 unspecified atom stereocenters. The van der Waals surface area contributed by atoms with E-state index in [-0.39, 0.29) is 11.4 Å². The van der Waals surface area contributed by atoms with Gasteiger partial charge in [-0.3, -0.25) is 0 Å². The molecule has 1 aliphatic rings. The van der Waals surface area contributed by atoms with E-state index >= 15 is 0 Å². The number of ether oxygens (including phenoxy) is 1. The van der Waals surface area contributed by atoms with Gasteiger partial charge in [0.2, 0.25) is 0 Å². The smallest absolute Gasteiger partial charge is 0.123 e. The predicted molar refractivity (Wildman–Crippen MR) is 71.0 cm³/mol. The Morgan fingerprint density at radius 2 is 1.89 bits per heavy atom. The van der Waals surface area contributed by atoms with Crippen molar-refractivity contribution in [3.05, 3.63) is 35.6 Å². The van der Waals surface area contributed by atoms with E-state index in [1.165, 1.54) is 12.1 Å². The maximum Gasteiger partial charge on any atom is 0.123 e. The van der Waals surface area contributed by atoms with E-state index in [0.717, 1.165) is 31.5 Å². The van der Waals surface area contributed by atoms with E-state index in [9.17, 15) is 4.39 Å². The van der Waals surface area contributed by atoms with E-state index in [1.54, 1.807) is 0 Å². The molecule has 1 aliphatic heterocycles. The number of nitrogens with one attached hydrogen (secondary N) is 1. The average molecular weight is 251 g/mol. The van der Waals surface area contributed by atoms with Gasteiger partial charge in [-0.15, -0.1) is 0 Å². The standard InChI is InChI=1S/C15H22FNO/c1-3-18-15(2,13-8-10-17-11-9-13)12-4-6-14(16)7-5-12/h4-7,13,17H,3,8-11H2,1-2H3. The Bertz CT molecular complexity index is 373. The molecule has 0 aliphatic carbocycles. The number of hydrogen-bond acceptors (Lipinski definition) is 2. The summed E-state index contributed by atoms with van der Waals surface area (Å²) < 4.78 is 19.1. The fourth-order valence-corrected chi connectivity index (χ4v) is 2.89. The first-order valence-corrected chi connectivity index (χ1v) is 6.77. The number of piperidine rings is 1. The van der Waals surface area contributed by atoms with Crippen molar-refractivity contribution in [1.82, 2.24) is 5.32 Å². The molecule has 0 bridgehead atoms. The Morgan fingerprint density at radius 3 is 2.44 bits per heavy atom. The Labute approximate surface area is 109 Å². The highest BCUT2D eigenvalue weighted by atomic mass is 19.1. The maximum atomic E-state index is 13.1. The Kier molecular flexibility index (Phi) is 4.36. The van der Waals surface area contributed by atoms with Gasteiger partial charge >= 0.3 is 0 Å². The van der Waals surface area contributed by atoms with Gasteiger partial charge in [-0.1, -0.05) is 12.1 Å². The Morgan fingerprint density at radius 1 is 1.28 bits per heavy atom. The van der Waals surface area contributed by atoms with E-state index in [0.29, 0.717) is 12.5 Å². The molecular formula is C15H22FNO. The fourth-order valence-electron chi connectivity index (χ4n) is 2.89. The molecule has 0 aromatic heterocycles. The van der Waals surface area contributed by atoms with Crippen LogP contribution in [0.5, 0.6) is 0 Å². The highest BCUT2D eigenvalue weighted by Crippen LogP contribution is 2.38. The molecule has 18 heavy (non-hydrogen) atoms. The van der Waals surface area contributed by atoms with Gasteiger partial charge in [-0.05, 0) is 63.4 Å². The minimum absolute atomic E-state index is 0.192.